The molecular weight excluding hydrogens is 180 g/mol. The zero-order valence-electron chi connectivity index (χ0n) is 9.08. The van der Waals surface area contributed by atoms with Crippen LogP contribution in [0.5, 0.6) is 0 Å². The Morgan fingerprint density at radius 1 is 1.07 bits per heavy atom. The summed E-state index contributed by atoms with van der Waals surface area (Å²) < 4.78 is 0. The van der Waals surface area contributed by atoms with Crippen LogP contribution < -0.4 is 0 Å². The SMILES string of the molecule is c1ccc([C+]2[C@@H]3CC[C@@H](C3)C23CC3)cc1. The van der Waals surface area contributed by atoms with E-state index in [9.17, 15) is 0 Å². The fourth-order valence-electron chi connectivity index (χ4n) is 4.33. The van der Waals surface area contributed by atoms with E-state index in [1.54, 1.807) is 5.56 Å². The van der Waals surface area contributed by atoms with E-state index in [0.717, 1.165) is 11.8 Å². The second kappa shape index (κ2) is 2.61. The fourth-order valence-corrected chi connectivity index (χ4v) is 4.33. The predicted molar refractivity (Wildman–Crippen MR) is 61.3 cm³/mol. The van der Waals surface area contributed by atoms with Gasteiger partial charge in [0.05, 0.1) is 0 Å². The molecule has 0 radical (unpaired) electrons. The van der Waals surface area contributed by atoms with Gasteiger partial charge in [-0.15, -0.1) is 0 Å². The van der Waals surface area contributed by atoms with Crippen molar-refractivity contribution in [2.75, 3.05) is 0 Å². The van der Waals surface area contributed by atoms with Crippen LogP contribution in [0.2, 0.25) is 0 Å². The van der Waals surface area contributed by atoms with Crippen LogP contribution in [-0.2, 0) is 0 Å². The molecule has 3 saturated carbocycles. The van der Waals surface area contributed by atoms with Crippen LogP contribution in [0.25, 0.3) is 0 Å². The molecule has 2 bridgehead atoms. The molecule has 2 atom stereocenters. The molecule has 3 fully saturated rings. The molecule has 1 aromatic carbocycles. The second-order valence-corrected chi connectivity index (χ2v) is 5.64. The third-order valence-corrected chi connectivity index (χ3v) is 5.03. The zero-order chi connectivity index (χ0) is 9.88. The molecule has 0 aliphatic heterocycles. The van der Waals surface area contributed by atoms with E-state index in [0.29, 0.717) is 5.41 Å². The van der Waals surface area contributed by atoms with Crippen LogP contribution in [-0.4, -0.2) is 0 Å². The van der Waals surface area contributed by atoms with Gasteiger partial charge in [-0.25, -0.2) is 0 Å². The van der Waals surface area contributed by atoms with Crippen LogP contribution in [0.3, 0.4) is 0 Å². The molecule has 1 spiro atoms. The summed E-state index contributed by atoms with van der Waals surface area (Å²) in [6, 6.07) is 11.2. The minimum atomic E-state index is 0.699. The Hall–Kier alpha value is -0.910. The first-order valence-electron chi connectivity index (χ1n) is 6.33. The Kier molecular flexibility index (Phi) is 1.44. The minimum absolute atomic E-state index is 0.699. The van der Waals surface area contributed by atoms with Gasteiger partial charge in [-0.05, 0) is 56.2 Å². The van der Waals surface area contributed by atoms with Gasteiger partial charge >= 0.3 is 0 Å². The van der Waals surface area contributed by atoms with Crippen molar-refractivity contribution >= 4 is 0 Å². The highest BCUT2D eigenvalue weighted by Gasteiger charge is 2.68. The van der Waals surface area contributed by atoms with Gasteiger partial charge in [-0.2, -0.15) is 0 Å². The molecule has 1 aromatic rings. The monoisotopic (exact) mass is 197 g/mol. The molecule has 15 heavy (non-hydrogen) atoms. The van der Waals surface area contributed by atoms with Gasteiger partial charge < -0.3 is 0 Å². The smallest absolute Gasteiger partial charge is 0.0467 e. The maximum atomic E-state index is 2.33. The van der Waals surface area contributed by atoms with E-state index in [-0.39, 0.29) is 0 Å². The maximum Gasteiger partial charge on any atom is 0.133 e. The van der Waals surface area contributed by atoms with Crippen molar-refractivity contribution in [3.8, 4) is 0 Å². The van der Waals surface area contributed by atoms with Crippen molar-refractivity contribution in [1.29, 1.82) is 0 Å². The molecule has 0 amide bonds. The number of rotatable bonds is 1. The van der Waals surface area contributed by atoms with Crippen LogP contribution in [0.15, 0.2) is 30.3 Å². The summed E-state index contributed by atoms with van der Waals surface area (Å²) in [4.78, 5) is 0. The number of benzene rings is 1. The predicted octanol–water partition coefficient (Wildman–Crippen LogP) is 3.82. The van der Waals surface area contributed by atoms with E-state index >= 15 is 0 Å². The van der Waals surface area contributed by atoms with E-state index in [4.69, 9.17) is 0 Å². The molecule has 0 unspecified atom stereocenters. The Labute approximate surface area is 91.7 Å². The highest BCUT2D eigenvalue weighted by Crippen LogP contribution is 2.73. The van der Waals surface area contributed by atoms with Crippen LogP contribution in [0.4, 0.5) is 0 Å². The summed E-state index contributed by atoms with van der Waals surface area (Å²) in [6.07, 6.45) is 7.46. The molecule has 3 aliphatic rings. The minimum Gasteiger partial charge on any atom is -0.0467 e. The molecule has 3 aliphatic carbocycles. The third kappa shape index (κ3) is 0.954. The summed E-state index contributed by atoms with van der Waals surface area (Å²) in [7, 11) is 0. The van der Waals surface area contributed by atoms with E-state index in [2.05, 4.69) is 30.3 Å². The van der Waals surface area contributed by atoms with Gasteiger partial charge in [0.1, 0.15) is 5.56 Å². The Balaban J connectivity index is 1.78. The first-order chi connectivity index (χ1) is 7.40. The highest BCUT2D eigenvalue weighted by molar-refractivity contribution is 5.44. The summed E-state index contributed by atoms with van der Waals surface area (Å²) in [5, 5.41) is 0. The Bertz CT molecular complexity index is 374. The molecule has 0 heteroatoms. The van der Waals surface area contributed by atoms with Gasteiger partial charge in [0.25, 0.3) is 0 Å². The van der Waals surface area contributed by atoms with Gasteiger partial charge in [-0.3, -0.25) is 0 Å². The average Bonchev–Trinajstić information content (AvgIpc) is 2.81. The van der Waals surface area contributed by atoms with E-state index in [1.165, 1.54) is 32.1 Å². The zero-order valence-corrected chi connectivity index (χ0v) is 9.08. The molecule has 76 valence electrons. The van der Waals surface area contributed by atoms with Gasteiger partial charge in [0.2, 0.25) is 0 Å². The van der Waals surface area contributed by atoms with Crippen molar-refractivity contribution in [2.24, 2.45) is 17.3 Å². The fraction of sp³-hybridized carbons (Fsp3) is 0.533. The summed E-state index contributed by atoms with van der Waals surface area (Å²) in [5.74, 6) is 3.84. The van der Waals surface area contributed by atoms with Crippen LogP contribution in [0, 0.1) is 23.2 Å². The molecule has 0 nitrogen and oxygen atoms in total. The van der Waals surface area contributed by atoms with Crippen molar-refractivity contribution in [3.05, 3.63) is 41.8 Å². The number of fused-ring (bicyclic) bond motifs is 3. The lowest BCUT2D eigenvalue weighted by Crippen LogP contribution is -2.22. The molecule has 0 saturated heterocycles. The van der Waals surface area contributed by atoms with Crippen molar-refractivity contribution in [3.63, 3.8) is 0 Å². The molecule has 4 rings (SSSR count). The molecule has 0 heterocycles. The number of hydrogen-bond donors (Lipinski definition) is 0. The van der Waals surface area contributed by atoms with E-state index < -0.39 is 0 Å². The molecular formula is C15H17+. The normalized spacial score (nSPS) is 35.1. The lowest BCUT2D eigenvalue weighted by molar-refractivity contribution is 0.352. The number of hydrogen-bond acceptors (Lipinski definition) is 0. The summed E-state index contributed by atoms with van der Waals surface area (Å²) in [5.41, 5.74) is 2.26. The van der Waals surface area contributed by atoms with Gasteiger partial charge in [-0.1, -0.05) is 0 Å². The van der Waals surface area contributed by atoms with Crippen molar-refractivity contribution in [1.82, 2.24) is 0 Å². The van der Waals surface area contributed by atoms with Gasteiger partial charge in [0, 0.05) is 29.4 Å². The Morgan fingerprint density at radius 3 is 2.60 bits per heavy atom. The maximum absolute atomic E-state index is 2.33. The van der Waals surface area contributed by atoms with Crippen LogP contribution >= 0.6 is 0 Å². The summed E-state index contributed by atoms with van der Waals surface area (Å²) >= 11 is 0. The van der Waals surface area contributed by atoms with Crippen molar-refractivity contribution < 1.29 is 0 Å². The highest BCUT2D eigenvalue weighted by atomic mass is 14.7. The van der Waals surface area contributed by atoms with E-state index in [1.807, 2.05) is 5.92 Å². The molecule has 0 N–H and O–H groups in total. The quantitative estimate of drug-likeness (QED) is 0.600. The Morgan fingerprint density at radius 2 is 1.87 bits per heavy atom. The largest absolute Gasteiger partial charge is 0.133 e. The third-order valence-electron chi connectivity index (χ3n) is 5.03. The second-order valence-electron chi connectivity index (χ2n) is 5.64. The lowest BCUT2D eigenvalue weighted by Gasteiger charge is -2.26. The van der Waals surface area contributed by atoms with Crippen molar-refractivity contribution in [2.45, 2.75) is 32.1 Å². The first-order valence-corrected chi connectivity index (χ1v) is 6.33. The van der Waals surface area contributed by atoms with Crippen LogP contribution in [0.1, 0.15) is 37.7 Å². The topological polar surface area (TPSA) is 0 Å². The summed E-state index contributed by atoms with van der Waals surface area (Å²) in [6.45, 7) is 0. The lowest BCUT2D eigenvalue weighted by atomic mass is 9.73. The van der Waals surface area contributed by atoms with Gasteiger partial charge in [0.15, 0.2) is 0 Å². The standard InChI is InChI=1S/C15H17/c1-2-4-11(5-3-1)14-12-6-7-13(10-12)15(14)8-9-15/h1-5,12-13H,6-10H2/q+1/t12-,13+/m1/s1. The molecule has 0 aromatic heterocycles. The first kappa shape index (κ1) is 8.27. The average molecular weight is 197 g/mol.